The highest BCUT2D eigenvalue weighted by molar-refractivity contribution is 5.25. The summed E-state index contributed by atoms with van der Waals surface area (Å²) in [5.41, 5.74) is -1.99. The maximum absolute atomic E-state index is 13.2. The Morgan fingerprint density at radius 3 is 1.60 bits per heavy atom. The lowest BCUT2D eigenvalue weighted by molar-refractivity contribution is -0.399. The summed E-state index contributed by atoms with van der Waals surface area (Å²) in [6.07, 6.45) is -6.90. The van der Waals surface area contributed by atoms with Crippen LogP contribution < -0.4 is 0 Å². The van der Waals surface area contributed by atoms with Crippen LogP contribution in [0.1, 0.15) is 5.56 Å². The predicted octanol–water partition coefficient (Wildman–Crippen LogP) is 4.75. The Hall–Kier alpha value is -1.48. The van der Waals surface area contributed by atoms with Crippen molar-refractivity contribution >= 4 is 0 Å². The predicted molar refractivity (Wildman–Crippen MR) is 46.2 cm³/mol. The number of rotatable bonds is 3. The van der Waals surface area contributed by atoms with Gasteiger partial charge in [-0.05, 0) is 12.1 Å². The molecule has 10 heteroatoms. The van der Waals surface area contributed by atoms with Gasteiger partial charge in [0.25, 0.3) is 0 Å². The number of halogens is 10. The average Bonchev–Trinajstić information content (AvgIpc) is 2.26. The summed E-state index contributed by atoms with van der Waals surface area (Å²) in [4.78, 5) is 0. The molecule has 0 amide bonds. The zero-order valence-electron chi connectivity index (χ0n) is 9.09. The van der Waals surface area contributed by atoms with Gasteiger partial charge >= 0.3 is 23.9 Å². The van der Waals surface area contributed by atoms with Gasteiger partial charge in [-0.15, -0.1) is 0 Å². The monoisotopic (exact) mass is 314 g/mol. The Labute approximate surface area is 105 Å². The second-order valence-electron chi connectivity index (χ2n) is 3.73. The molecule has 0 spiro atoms. The minimum atomic E-state index is -6.99. The van der Waals surface area contributed by atoms with Crippen LogP contribution in [0.25, 0.3) is 0 Å². The molecule has 1 rings (SSSR count). The highest BCUT2D eigenvalue weighted by Gasteiger charge is 2.82. The summed E-state index contributed by atoms with van der Waals surface area (Å²) in [6, 6.07) is 0.865. The molecule has 0 atom stereocenters. The Kier molecular flexibility index (Phi) is 3.75. The van der Waals surface area contributed by atoms with Crippen LogP contribution in [0.4, 0.5) is 43.9 Å². The van der Waals surface area contributed by atoms with Gasteiger partial charge < -0.3 is 0 Å². The quantitative estimate of drug-likeness (QED) is 0.706. The smallest absolute Gasteiger partial charge is 0.207 e. The van der Waals surface area contributed by atoms with E-state index in [0.29, 0.717) is 12.1 Å². The Bertz CT molecular complexity index is 487. The van der Waals surface area contributed by atoms with Gasteiger partial charge in [-0.3, -0.25) is 0 Å². The number of benzene rings is 1. The third kappa shape index (κ3) is 2.31. The molecule has 0 aliphatic carbocycles. The molecule has 114 valence electrons. The van der Waals surface area contributed by atoms with E-state index >= 15 is 0 Å². The van der Waals surface area contributed by atoms with Gasteiger partial charge in [-0.2, -0.15) is 39.5 Å². The SMILES string of the molecule is Fc1cccc(C(F)(F)C(F)(F)C(F)(F)C(F)(F)F)c1. The molecule has 0 radical (unpaired) electrons. The fraction of sp³-hybridized carbons (Fsp3) is 0.400. The maximum atomic E-state index is 13.2. The van der Waals surface area contributed by atoms with Crippen molar-refractivity contribution in [3.8, 4) is 0 Å². The molecular formula is C10H4F10. The van der Waals surface area contributed by atoms with E-state index in [1.54, 1.807) is 0 Å². The third-order valence-electron chi connectivity index (χ3n) is 2.33. The normalized spacial score (nSPS) is 14.5. The molecule has 0 heterocycles. The summed E-state index contributed by atoms with van der Waals surface area (Å²) in [7, 11) is 0. The summed E-state index contributed by atoms with van der Waals surface area (Å²) >= 11 is 0. The van der Waals surface area contributed by atoms with Crippen molar-refractivity contribution in [1.82, 2.24) is 0 Å². The summed E-state index contributed by atoms with van der Waals surface area (Å²) < 4.78 is 126. The van der Waals surface area contributed by atoms with E-state index in [-0.39, 0.29) is 12.1 Å². The molecular weight excluding hydrogens is 310 g/mol. The van der Waals surface area contributed by atoms with Crippen molar-refractivity contribution in [2.24, 2.45) is 0 Å². The van der Waals surface area contributed by atoms with E-state index in [9.17, 15) is 43.9 Å². The van der Waals surface area contributed by atoms with Crippen LogP contribution in [0.3, 0.4) is 0 Å². The van der Waals surface area contributed by atoms with Crippen LogP contribution in [-0.4, -0.2) is 18.0 Å². The Morgan fingerprint density at radius 1 is 0.700 bits per heavy atom. The Morgan fingerprint density at radius 2 is 1.20 bits per heavy atom. The molecule has 0 fully saturated rings. The van der Waals surface area contributed by atoms with E-state index in [4.69, 9.17) is 0 Å². The fourth-order valence-corrected chi connectivity index (χ4v) is 1.24. The topological polar surface area (TPSA) is 0 Å². The standard InChI is InChI=1S/C10H4F10/c11-6-3-1-2-5(4-6)7(12,13)8(14,15)9(16,17)10(18,19)20/h1-4H. The lowest BCUT2D eigenvalue weighted by Gasteiger charge is -2.33. The van der Waals surface area contributed by atoms with Crippen LogP contribution in [0.15, 0.2) is 24.3 Å². The zero-order chi connectivity index (χ0) is 16.0. The molecule has 1 aromatic rings. The first-order valence-electron chi connectivity index (χ1n) is 4.71. The van der Waals surface area contributed by atoms with E-state index in [1.165, 1.54) is 0 Å². The minimum Gasteiger partial charge on any atom is -0.207 e. The van der Waals surface area contributed by atoms with Crippen molar-refractivity contribution in [3.05, 3.63) is 35.6 Å². The first-order valence-corrected chi connectivity index (χ1v) is 4.71. The van der Waals surface area contributed by atoms with Crippen LogP contribution in [0.2, 0.25) is 0 Å². The molecule has 0 aliphatic heterocycles. The molecule has 0 aromatic heterocycles. The first-order chi connectivity index (χ1) is 8.75. The van der Waals surface area contributed by atoms with Gasteiger partial charge in [-0.1, -0.05) is 12.1 Å². The molecule has 1 aromatic carbocycles. The van der Waals surface area contributed by atoms with E-state index < -0.39 is 35.3 Å². The maximum Gasteiger partial charge on any atom is 0.460 e. The lowest BCUT2D eigenvalue weighted by Crippen LogP contribution is -2.59. The van der Waals surface area contributed by atoms with Crippen molar-refractivity contribution in [1.29, 1.82) is 0 Å². The van der Waals surface area contributed by atoms with Crippen molar-refractivity contribution in [2.45, 2.75) is 23.9 Å². The lowest BCUT2D eigenvalue weighted by atomic mass is 9.97. The number of hydrogen-bond donors (Lipinski definition) is 0. The second kappa shape index (κ2) is 4.52. The zero-order valence-corrected chi connectivity index (χ0v) is 9.09. The molecule has 0 nitrogen and oxygen atoms in total. The van der Waals surface area contributed by atoms with Gasteiger partial charge in [0.15, 0.2) is 0 Å². The number of alkyl halides is 9. The largest absolute Gasteiger partial charge is 0.460 e. The van der Waals surface area contributed by atoms with Crippen LogP contribution in [0, 0.1) is 5.82 Å². The fourth-order valence-electron chi connectivity index (χ4n) is 1.24. The van der Waals surface area contributed by atoms with Crippen LogP contribution in [-0.2, 0) is 5.92 Å². The Balaban J connectivity index is 3.39. The summed E-state index contributed by atoms with van der Waals surface area (Å²) in [6.45, 7) is 0. The molecule has 0 unspecified atom stereocenters. The molecule has 0 aliphatic rings. The van der Waals surface area contributed by atoms with E-state index in [0.717, 1.165) is 0 Å². The summed E-state index contributed by atoms with van der Waals surface area (Å²) in [5, 5.41) is 0. The first kappa shape index (κ1) is 16.6. The van der Waals surface area contributed by atoms with E-state index in [2.05, 4.69) is 0 Å². The van der Waals surface area contributed by atoms with Gasteiger partial charge in [0.05, 0.1) is 0 Å². The highest BCUT2D eigenvalue weighted by Crippen LogP contribution is 2.56. The third-order valence-corrected chi connectivity index (χ3v) is 2.33. The van der Waals surface area contributed by atoms with E-state index in [1.807, 2.05) is 0 Å². The average molecular weight is 314 g/mol. The van der Waals surface area contributed by atoms with Crippen molar-refractivity contribution in [2.75, 3.05) is 0 Å². The molecule has 0 bridgehead atoms. The highest BCUT2D eigenvalue weighted by atomic mass is 19.4. The molecule has 0 saturated heterocycles. The molecule has 0 N–H and O–H groups in total. The van der Waals surface area contributed by atoms with Crippen LogP contribution >= 0.6 is 0 Å². The van der Waals surface area contributed by atoms with Gasteiger partial charge in [0.1, 0.15) is 5.82 Å². The molecule has 0 saturated carbocycles. The summed E-state index contributed by atoms with van der Waals surface area (Å²) in [5.74, 6) is -21.2. The van der Waals surface area contributed by atoms with Gasteiger partial charge in [0.2, 0.25) is 0 Å². The van der Waals surface area contributed by atoms with Gasteiger partial charge in [0, 0.05) is 5.56 Å². The minimum absolute atomic E-state index is 0.115. The van der Waals surface area contributed by atoms with Crippen LogP contribution in [0.5, 0.6) is 0 Å². The van der Waals surface area contributed by atoms with Crippen molar-refractivity contribution < 1.29 is 43.9 Å². The van der Waals surface area contributed by atoms with Crippen molar-refractivity contribution in [3.63, 3.8) is 0 Å². The van der Waals surface area contributed by atoms with Gasteiger partial charge in [-0.25, -0.2) is 4.39 Å². The number of hydrogen-bond acceptors (Lipinski definition) is 0. The molecule has 20 heavy (non-hydrogen) atoms. The second-order valence-corrected chi connectivity index (χ2v) is 3.73.